The van der Waals surface area contributed by atoms with Gasteiger partial charge in [0.25, 0.3) is 5.91 Å². The van der Waals surface area contributed by atoms with Crippen molar-refractivity contribution >= 4 is 28.7 Å². The summed E-state index contributed by atoms with van der Waals surface area (Å²) in [6, 6.07) is 24.8. The second-order valence-corrected chi connectivity index (χ2v) is 8.10. The zero-order valence-electron chi connectivity index (χ0n) is 18.6. The second-order valence-electron chi connectivity index (χ2n) is 8.10. The van der Waals surface area contributed by atoms with Crippen LogP contribution in [0.3, 0.4) is 0 Å². The van der Waals surface area contributed by atoms with Crippen molar-refractivity contribution in [3.63, 3.8) is 0 Å². The number of carbonyl (C=O) groups excluding carboxylic acids is 3. The summed E-state index contributed by atoms with van der Waals surface area (Å²) in [6.45, 7) is -0.444. The number of ether oxygens (including phenoxy) is 1. The predicted molar refractivity (Wildman–Crippen MR) is 128 cm³/mol. The van der Waals surface area contributed by atoms with Gasteiger partial charge in [0.2, 0.25) is 5.91 Å². The van der Waals surface area contributed by atoms with Crippen LogP contribution in [0.2, 0.25) is 0 Å². The van der Waals surface area contributed by atoms with Gasteiger partial charge in [-0.15, -0.1) is 0 Å². The van der Waals surface area contributed by atoms with Gasteiger partial charge in [0, 0.05) is 22.0 Å². The Kier molecular flexibility index (Phi) is 5.59. The van der Waals surface area contributed by atoms with Crippen molar-refractivity contribution in [2.24, 2.45) is 0 Å². The molecule has 2 heterocycles. The van der Waals surface area contributed by atoms with Gasteiger partial charge in [0.1, 0.15) is 13.1 Å². The van der Waals surface area contributed by atoms with Gasteiger partial charge in [-0.1, -0.05) is 66.7 Å². The maximum Gasteiger partial charge on any atom is 0.325 e. The lowest BCUT2D eigenvalue weighted by Crippen LogP contribution is -2.41. The number of aromatic amines is 1. The number of para-hydroxylation sites is 1. The number of nitrogens with one attached hydrogen (secondary N) is 2. The molecule has 7 nitrogen and oxygen atoms in total. The first kappa shape index (κ1) is 21.5. The van der Waals surface area contributed by atoms with E-state index in [-0.39, 0.29) is 19.0 Å². The topological polar surface area (TPSA) is 91.5 Å². The van der Waals surface area contributed by atoms with E-state index in [1.165, 1.54) is 7.11 Å². The fourth-order valence-corrected chi connectivity index (χ4v) is 4.58. The number of methoxy groups -OCH3 is 1. The SMILES string of the molecule is COC(=O)CNC(=O)CN1C(=O)c2ccccc2[C@@H]1c1c(-c2ccccc2)[nH]c2ccccc12. The van der Waals surface area contributed by atoms with Crippen LogP contribution in [0.25, 0.3) is 22.2 Å². The van der Waals surface area contributed by atoms with Crippen molar-refractivity contribution in [3.8, 4) is 11.3 Å². The number of nitrogens with zero attached hydrogens (tertiary/aromatic N) is 1. The summed E-state index contributed by atoms with van der Waals surface area (Å²) in [4.78, 5) is 42.8. The Morgan fingerprint density at radius 2 is 1.68 bits per heavy atom. The van der Waals surface area contributed by atoms with Crippen LogP contribution >= 0.6 is 0 Å². The van der Waals surface area contributed by atoms with Gasteiger partial charge in [-0.05, 0) is 23.3 Å². The molecule has 0 aliphatic carbocycles. The minimum atomic E-state index is -0.552. The van der Waals surface area contributed by atoms with Gasteiger partial charge in [0.15, 0.2) is 0 Å². The minimum absolute atomic E-state index is 0.192. The third-order valence-electron chi connectivity index (χ3n) is 6.11. The molecule has 170 valence electrons. The van der Waals surface area contributed by atoms with E-state index in [4.69, 9.17) is 0 Å². The molecule has 0 fully saturated rings. The van der Waals surface area contributed by atoms with E-state index in [9.17, 15) is 14.4 Å². The molecule has 2 N–H and O–H groups in total. The second kappa shape index (κ2) is 8.86. The van der Waals surface area contributed by atoms with Gasteiger partial charge < -0.3 is 19.9 Å². The molecule has 0 spiro atoms. The lowest BCUT2D eigenvalue weighted by molar-refractivity contribution is -0.141. The maximum atomic E-state index is 13.5. The molecule has 0 bridgehead atoms. The molecule has 0 saturated heterocycles. The molecule has 4 aromatic rings. The number of fused-ring (bicyclic) bond motifs is 2. The number of hydrogen-bond acceptors (Lipinski definition) is 4. The van der Waals surface area contributed by atoms with Crippen molar-refractivity contribution in [2.75, 3.05) is 20.2 Å². The highest BCUT2D eigenvalue weighted by atomic mass is 16.5. The first-order valence-corrected chi connectivity index (χ1v) is 11.0. The smallest absolute Gasteiger partial charge is 0.325 e. The molecule has 0 radical (unpaired) electrons. The number of rotatable bonds is 6. The number of esters is 1. The monoisotopic (exact) mass is 453 g/mol. The van der Waals surface area contributed by atoms with Crippen molar-refractivity contribution in [3.05, 3.63) is 95.6 Å². The Hall–Kier alpha value is -4.39. The van der Waals surface area contributed by atoms with Gasteiger partial charge in [-0.3, -0.25) is 14.4 Å². The molecular formula is C27H23N3O4. The standard InChI is InChI=1S/C27H23N3O4/c1-34-23(32)15-28-22(31)16-30-26(18-11-5-6-12-19(18)27(30)33)24-20-13-7-8-14-21(20)29-25(24)17-9-3-2-4-10-17/h2-14,26,29H,15-16H2,1H3,(H,28,31)/t26-/m1/s1. The fourth-order valence-electron chi connectivity index (χ4n) is 4.58. The van der Waals surface area contributed by atoms with Crippen LogP contribution in [0.5, 0.6) is 0 Å². The van der Waals surface area contributed by atoms with Crippen LogP contribution < -0.4 is 5.32 Å². The lowest BCUT2D eigenvalue weighted by atomic mass is 9.93. The van der Waals surface area contributed by atoms with Gasteiger partial charge in [-0.25, -0.2) is 0 Å². The Morgan fingerprint density at radius 3 is 2.47 bits per heavy atom. The highest BCUT2D eigenvalue weighted by molar-refractivity contribution is 6.03. The molecule has 7 heteroatoms. The lowest BCUT2D eigenvalue weighted by Gasteiger charge is -2.26. The summed E-state index contributed by atoms with van der Waals surface area (Å²) < 4.78 is 4.60. The Labute approximate surface area is 196 Å². The summed E-state index contributed by atoms with van der Waals surface area (Å²) >= 11 is 0. The highest BCUT2D eigenvalue weighted by Crippen LogP contribution is 2.45. The molecular weight excluding hydrogens is 430 g/mol. The summed E-state index contributed by atoms with van der Waals surface area (Å²) in [6.07, 6.45) is 0. The maximum absolute atomic E-state index is 13.5. The van der Waals surface area contributed by atoms with E-state index in [1.54, 1.807) is 11.0 Å². The zero-order valence-corrected chi connectivity index (χ0v) is 18.6. The average molecular weight is 453 g/mol. The van der Waals surface area contributed by atoms with Crippen molar-refractivity contribution in [1.82, 2.24) is 15.2 Å². The van der Waals surface area contributed by atoms with Crippen molar-refractivity contribution < 1.29 is 19.1 Å². The van der Waals surface area contributed by atoms with Gasteiger partial charge in [0.05, 0.1) is 18.8 Å². The van der Waals surface area contributed by atoms with Crippen LogP contribution in [-0.4, -0.2) is 47.9 Å². The molecule has 5 rings (SSSR count). The molecule has 0 unspecified atom stereocenters. The predicted octanol–water partition coefficient (Wildman–Crippen LogP) is 3.67. The number of carbonyl (C=O) groups is 3. The third-order valence-corrected chi connectivity index (χ3v) is 6.11. The van der Waals surface area contributed by atoms with E-state index in [2.05, 4.69) is 15.0 Å². The number of benzene rings is 3. The van der Waals surface area contributed by atoms with Gasteiger partial charge >= 0.3 is 5.97 Å². The zero-order chi connectivity index (χ0) is 23.7. The molecule has 1 aromatic heterocycles. The molecule has 1 aliphatic heterocycles. The first-order chi connectivity index (χ1) is 16.6. The number of amides is 2. The summed E-state index contributed by atoms with van der Waals surface area (Å²) in [7, 11) is 1.26. The highest BCUT2D eigenvalue weighted by Gasteiger charge is 2.40. The molecule has 1 aliphatic rings. The largest absolute Gasteiger partial charge is 0.468 e. The third kappa shape index (κ3) is 3.71. The van der Waals surface area contributed by atoms with Crippen LogP contribution in [0, 0.1) is 0 Å². The van der Waals surface area contributed by atoms with Crippen molar-refractivity contribution in [1.29, 1.82) is 0 Å². The summed E-state index contributed by atoms with van der Waals surface area (Å²) in [5, 5.41) is 3.52. The van der Waals surface area contributed by atoms with Crippen molar-refractivity contribution in [2.45, 2.75) is 6.04 Å². The molecule has 1 atom stereocenters. The van der Waals surface area contributed by atoms with Crippen LogP contribution in [0.15, 0.2) is 78.9 Å². The quantitative estimate of drug-likeness (QED) is 0.436. The van der Waals surface area contributed by atoms with E-state index >= 15 is 0 Å². The molecule has 0 saturated carbocycles. The van der Waals surface area contributed by atoms with E-state index in [0.717, 1.165) is 33.3 Å². The van der Waals surface area contributed by atoms with Crippen LogP contribution in [0.1, 0.15) is 27.5 Å². The van der Waals surface area contributed by atoms with Crippen LogP contribution in [0.4, 0.5) is 0 Å². The van der Waals surface area contributed by atoms with E-state index < -0.39 is 17.9 Å². The Bertz CT molecular complexity index is 1390. The van der Waals surface area contributed by atoms with Crippen LogP contribution in [-0.2, 0) is 14.3 Å². The summed E-state index contributed by atoms with van der Waals surface area (Å²) in [5.41, 5.74) is 5.17. The first-order valence-electron chi connectivity index (χ1n) is 11.0. The number of H-pyrrole nitrogens is 1. The molecule has 34 heavy (non-hydrogen) atoms. The molecule has 3 aromatic carbocycles. The van der Waals surface area contributed by atoms with Gasteiger partial charge in [-0.2, -0.15) is 0 Å². The Morgan fingerprint density at radius 1 is 0.971 bits per heavy atom. The van der Waals surface area contributed by atoms with E-state index in [1.807, 2.05) is 72.8 Å². The number of hydrogen-bond donors (Lipinski definition) is 2. The van der Waals surface area contributed by atoms with E-state index in [0.29, 0.717) is 5.56 Å². The average Bonchev–Trinajstić information content (AvgIpc) is 3.38. The fraction of sp³-hybridized carbons (Fsp3) is 0.148. The number of aromatic nitrogens is 1. The summed E-state index contributed by atoms with van der Waals surface area (Å²) in [5.74, 6) is -1.21. The molecule has 2 amide bonds. The minimum Gasteiger partial charge on any atom is -0.468 e. The Balaban J connectivity index is 1.64. The normalized spacial score (nSPS) is 14.8.